The van der Waals surface area contributed by atoms with Crippen LogP contribution in [0.1, 0.15) is 25.8 Å². The number of ether oxygens (including phenoxy) is 2. The van der Waals surface area contributed by atoms with E-state index in [1.807, 2.05) is 26.0 Å². The first kappa shape index (κ1) is 20.7. The van der Waals surface area contributed by atoms with Crippen LogP contribution in [0.4, 0.5) is 0 Å². The maximum atomic E-state index is 12.0. The van der Waals surface area contributed by atoms with Crippen LogP contribution in [-0.2, 0) is 16.1 Å². The number of methoxy groups -OCH3 is 1. The fourth-order valence-electron chi connectivity index (χ4n) is 3.25. The van der Waals surface area contributed by atoms with Crippen LogP contribution in [0.15, 0.2) is 24.3 Å². The van der Waals surface area contributed by atoms with Crippen molar-refractivity contribution in [2.45, 2.75) is 32.9 Å². The van der Waals surface area contributed by atoms with Crippen LogP contribution >= 0.6 is 0 Å². The van der Waals surface area contributed by atoms with Gasteiger partial charge in [-0.3, -0.25) is 4.79 Å². The zero-order chi connectivity index (χ0) is 18.8. The zero-order valence-corrected chi connectivity index (χ0v) is 16.5. The summed E-state index contributed by atoms with van der Waals surface area (Å²) in [5.74, 6) is 1.06. The van der Waals surface area contributed by atoms with Gasteiger partial charge in [0.2, 0.25) is 0 Å². The third kappa shape index (κ3) is 7.72. The summed E-state index contributed by atoms with van der Waals surface area (Å²) in [7, 11) is 1.69. The molecule has 146 valence electrons. The Balaban J connectivity index is 1.59. The minimum Gasteiger partial charge on any atom is -0.497 e. The normalized spacial score (nSPS) is 20.2. The largest absolute Gasteiger partial charge is 0.497 e. The number of carbonyl (C=O) groups excluding carboxylic acids is 1. The van der Waals surface area contributed by atoms with E-state index < -0.39 is 0 Å². The Kier molecular flexibility index (Phi) is 8.88. The number of nitrogens with one attached hydrogen (secondary N) is 3. The lowest BCUT2D eigenvalue weighted by Gasteiger charge is -2.29. The Hall–Kier alpha value is -1.63. The monoisotopic (exact) mass is 365 g/mol. The molecule has 0 aliphatic carbocycles. The molecule has 0 radical (unpaired) electrons. The van der Waals surface area contributed by atoms with Gasteiger partial charge in [0.05, 0.1) is 13.2 Å². The zero-order valence-electron chi connectivity index (χ0n) is 16.5. The average Bonchev–Trinajstić information content (AvgIpc) is 2.63. The molecule has 1 heterocycles. The highest BCUT2D eigenvalue weighted by Crippen LogP contribution is 2.10. The van der Waals surface area contributed by atoms with Gasteiger partial charge in [0, 0.05) is 18.7 Å². The van der Waals surface area contributed by atoms with Crippen LogP contribution in [0.3, 0.4) is 0 Å². The Morgan fingerprint density at radius 3 is 2.38 bits per heavy atom. The Morgan fingerprint density at radius 2 is 1.77 bits per heavy atom. The first-order valence-electron chi connectivity index (χ1n) is 9.75. The van der Waals surface area contributed by atoms with Gasteiger partial charge in [-0.05, 0) is 44.5 Å². The second-order valence-corrected chi connectivity index (χ2v) is 7.32. The third-order valence-electron chi connectivity index (χ3n) is 4.78. The van der Waals surface area contributed by atoms with Crippen molar-refractivity contribution in [2.75, 3.05) is 53.0 Å². The van der Waals surface area contributed by atoms with Crippen LogP contribution < -0.4 is 19.9 Å². The van der Waals surface area contributed by atoms with E-state index in [4.69, 9.17) is 9.47 Å². The predicted octanol–water partition coefficient (Wildman–Crippen LogP) is -1.09. The Labute approximate surface area is 157 Å². The van der Waals surface area contributed by atoms with Gasteiger partial charge in [0.1, 0.15) is 38.5 Å². The number of piperazine rings is 1. The number of benzene rings is 1. The highest BCUT2D eigenvalue weighted by atomic mass is 16.5. The molecule has 1 fully saturated rings. The van der Waals surface area contributed by atoms with E-state index in [0.717, 1.165) is 44.9 Å². The molecule has 1 aliphatic rings. The van der Waals surface area contributed by atoms with Crippen molar-refractivity contribution in [3.8, 4) is 5.75 Å². The second-order valence-electron chi connectivity index (χ2n) is 7.32. The number of quaternary nitrogens is 2. The maximum Gasteiger partial charge on any atom is 0.275 e. The molecule has 0 spiro atoms. The molecule has 3 N–H and O–H groups in total. The molecule has 1 saturated heterocycles. The first-order chi connectivity index (χ1) is 12.6. The minimum atomic E-state index is 0.156. The molecule has 6 heteroatoms. The fourth-order valence-corrected chi connectivity index (χ4v) is 3.25. The number of hydrogen-bond acceptors (Lipinski definition) is 3. The van der Waals surface area contributed by atoms with E-state index in [0.29, 0.717) is 19.7 Å². The lowest BCUT2D eigenvalue weighted by atomic mass is 10.2. The highest BCUT2D eigenvalue weighted by molar-refractivity contribution is 5.76. The number of rotatable bonds is 10. The second kappa shape index (κ2) is 11.2. The molecule has 1 aromatic carbocycles. The molecule has 1 aliphatic heterocycles. The summed E-state index contributed by atoms with van der Waals surface area (Å²) in [5, 5.41) is 3.01. The van der Waals surface area contributed by atoms with Gasteiger partial charge in [0.15, 0.2) is 6.54 Å². The first-order valence-corrected chi connectivity index (χ1v) is 9.75. The van der Waals surface area contributed by atoms with Gasteiger partial charge < -0.3 is 24.6 Å². The summed E-state index contributed by atoms with van der Waals surface area (Å²) in [6.07, 6.45) is 1.13. The molecular formula is C20H35N3O3+2. The molecule has 2 rings (SSSR count). The Bertz CT molecular complexity index is 526. The molecule has 1 aromatic rings. The van der Waals surface area contributed by atoms with E-state index in [9.17, 15) is 4.79 Å². The maximum absolute atomic E-state index is 12.0. The van der Waals surface area contributed by atoms with Crippen LogP contribution in [0, 0.1) is 0 Å². The van der Waals surface area contributed by atoms with Crippen molar-refractivity contribution in [1.82, 2.24) is 5.32 Å². The smallest absolute Gasteiger partial charge is 0.275 e. The summed E-state index contributed by atoms with van der Waals surface area (Å²) in [5.41, 5.74) is 1.34. The molecular weight excluding hydrogens is 330 g/mol. The van der Waals surface area contributed by atoms with Crippen molar-refractivity contribution < 1.29 is 24.1 Å². The summed E-state index contributed by atoms with van der Waals surface area (Å²) in [4.78, 5) is 15.0. The van der Waals surface area contributed by atoms with E-state index in [-0.39, 0.29) is 12.0 Å². The topological polar surface area (TPSA) is 56.4 Å². The summed E-state index contributed by atoms with van der Waals surface area (Å²) < 4.78 is 10.7. The lowest BCUT2D eigenvalue weighted by molar-refractivity contribution is -1.02. The molecule has 0 unspecified atom stereocenters. The summed E-state index contributed by atoms with van der Waals surface area (Å²) in [6.45, 7) is 11.4. The van der Waals surface area contributed by atoms with E-state index in [2.05, 4.69) is 17.4 Å². The lowest BCUT2D eigenvalue weighted by Crippen LogP contribution is -3.28. The Morgan fingerprint density at radius 1 is 1.12 bits per heavy atom. The predicted molar refractivity (Wildman–Crippen MR) is 102 cm³/mol. The van der Waals surface area contributed by atoms with Gasteiger partial charge in [-0.15, -0.1) is 0 Å². The van der Waals surface area contributed by atoms with Crippen molar-refractivity contribution >= 4 is 5.91 Å². The number of carbonyl (C=O) groups is 1. The highest BCUT2D eigenvalue weighted by Gasteiger charge is 2.24. The van der Waals surface area contributed by atoms with Gasteiger partial charge in [-0.1, -0.05) is 0 Å². The molecule has 0 aromatic heterocycles. The van der Waals surface area contributed by atoms with Crippen molar-refractivity contribution in [3.05, 3.63) is 29.8 Å². The van der Waals surface area contributed by atoms with Crippen molar-refractivity contribution in [1.29, 1.82) is 0 Å². The van der Waals surface area contributed by atoms with Crippen LogP contribution in [0.25, 0.3) is 0 Å². The molecule has 26 heavy (non-hydrogen) atoms. The SMILES string of the molecule is COc1ccc(C[NH+]2CC[NH+](CC(=O)NCCCOC(C)C)CC2)cc1. The molecule has 0 saturated carbocycles. The van der Waals surface area contributed by atoms with Gasteiger partial charge >= 0.3 is 0 Å². The molecule has 0 bridgehead atoms. The summed E-state index contributed by atoms with van der Waals surface area (Å²) in [6, 6.07) is 8.32. The third-order valence-corrected chi connectivity index (χ3v) is 4.78. The van der Waals surface area contributed by atoms with Crippen molar-refractivity contribution in [3.63, 3.8) is 0 Å². The van der Waals surface area contributed by atoms with Crippen LogP contribution in [0.5, 0.6) is 5.75 Å². The standard InChI is InChI=1S/C20H33N3O3/c1-17(2)26-14-4-9-21-20(24)16-23-12-10-22(11-13-23)15-18-5-7-19(25-3)8-6-18/h5-8,17H,4,9-16H2,1-3H3,(H,21,24)/p+2. The van der Waals surface area contributed by atoms with Gasteiger partial charge in [0.25, 0.3) is 5.91 Å². The number of hydrogen-bond donors (Lipinski definition) is 3. The molecule has 1 amide bonds. The molecule has 0 atom stereocenters. The quantitative estimate of drug-likeness (QED) is 0.462. The minimum absolute atomic E-state index is 0.156. The molecule has 6 nitrogen and oxygen atoms in total. The van der Waals surface area contributed by atoms with Crippen LogP contribution in [-0.4, -0.2) is 65.0 Å². The van der Waals surface area contributed by atoms with Gasteiger partial charge in [-0.25, -0.2) is 0 Å². The average molecular weight is 366 g/mol. The van der Waals surface area contributed by atoms with Gasteiger partial charge in [-0.2, -0.15) is 0 Å². The van der Waals surface area contributed by atoms with E-state index >= 15 is 0 Å². The van der Waals surface area contributed by atoms with Crippen molar-refractivity contribution in [2.24, 2.45) is 0 Å². The number of amides is 1. The summed E-state index contributed by atoms with van der Waals surface area (Å²) >= 11 is 0. The van der Waals surface area contributed by atoms with E-state index in [1.165, 1.54) is 10.5 Å². The van der Waals surface area contributed by atoms with Crippen LogP contribution in [0.2, 0.25) is 0 Å². The van der Waals surface area contributed by atoms with E-state index in [1.54, 1.807) is 12.0 Å². The fraction of sp³-hybridized carbons (Fsp3) is 0.650.